The number of ether oxygens (including phenoxy) is 1. The molecule has 1 unspecified atom stereocenters. The number of nitrogens with one attached hydrogen (secondary N) is 2. The van der Waals surface area contributed by atoms with Gasteiger partial charge in [-0.1, -0.05) is 6.07 Å². The lowest BCUT2D eigenvalue weighted by atomic mass is 10.1. The Balaban J connectivity index is 1.59. The van der Waals surface area contributed by atoms with Gasteiger partial charge in [0.1, 0.15) is 11.0 Å². The Morgan fingerprint density at radius 2 is 2.33 bits per heavy atom. The van der Waals surface area contributed by atoms with Crippen molar-refractivity contribution >= 4 is 10.0 Å². The molecule has 0 amide bonds. The summed E-state index contributed by atoms with van der Waals surface area (Å²) in [6.45, 7) is 2.70. The molecular weight excluding hydrogens is 330 g/mol. The average molecular weight is 351 g/mol. The van der Waals surface area contributed by atoms with Crippen molar-refractivity contribution in [1.82, 2.24) is 24.8 Å². The summed E-state index contributed by atoms with van der Waals surface area (Å²) in [5, 5.41) is 6.14. The molecule has 0 aromatic carbocycles. The Hall–Kier alpha value is -1.81. The molecule has 3 heterocycles. The zero-order valence-corrected chi connectivity index (χ0v) is 14.3. The molecular formula is C15H21N5O3S. The van der Waals surface area contributed by atoms with Crippen LogP contribution in [0.5, 0.6) is 0 Å². The third-order valence-electron chi connectivity index (χ3n) is 3.88. The summed E-state index contributed by atoms with van der Waals surface area (Å²) < 4.78 is 32.4. The maximum atomic E-state index is 12.0. The standard InChI is InChI=1S/C15H21N5O3S/c1-20-7-8-23-15(11-20)14-4-2-3-12(19-14)5-6-18-24(21,22)13-9-16-17-10-13/h2-4,9-10,15,18H,5-8,11H2,1H3,(H,16,17). The monoisotopic (exact) mass is 351 g/mol. The molecule has 2 aromatic heterocycles. The number of sulfonamides is 1. The van der Waals surface area contributed by atoms with E-state index in [1.54, 1.807) is 0 Å². The molecule has 0 radical (unpaired) electrons. The number of nitrogens with zero attached hydrogens (tertiary/aromatic N) is 3. The second-order valence-electron chi connectivity index (χ2n) is 5.76. The van der Waals surface area contributed by atoms with Crippen molar-refractivity contribution in [3.63, 3.8) is 0 Å². The number of aromatic nitrogens is 3. The first-order chi connectivity index (χ1) is 11.5. The minimum atomic E-state index is -3.53. The number of morpholine rings is 1. The van der Waals surface area contributed by atoms with Crippen LogP contribution in [-0.2, 0) is 21.2 Å². The summed E-state index contributed by atoms with van der Waals surface area (Å²) >= 11 is 0. The largest absolute Gasteiger partial charge is 0.369 e. The van der Waals surface area contributed by atoms with E-state index in [-0.39, 0.29) is 17.5 Å². The fourth-order valence-corrected chi connectivity index (χ4v) is 3.49. The van der Waals surface area contributed by atoms with Gasteiger partial charge in [-0.15, -0.1) is 0 Å². The molecule has 2 aromatic rings. The normalized spacial score (nSPS) is 19.5. The van der Waals surface area contributed by atoms with Crippen LogP contribution < -0.4 is 4.72 Å². The molecule has 9 heteroatoms. The zero-order chi connectivity index (χ0) is 17.0. The van der Waals surface area contributed by atoms with Gasteiger partial charge >= 0.3 is 0 Å². The highest BCUT2D eigenvalue weighted by Crippen LogP contribution is 2.20. The van der Waals surface area contributed by atoms with Gasteiger partial charge in [0.05, 0.1) is 18.5 Å². The van der Waals surface area contributed by atoms with E-state index in [0.29, 0.717) is 13.0 Å². The molecule has 0 aliphatic carbocycles. The molecule has 130 valence electrons. The number of rotatable bonds is 6. The van der Waals surface area contributed by atoms with Crippen LogP contribution in [0, 0.1) is 0 Å². The zero-order valence-electron chi connectivity index (χ0n) is 13.5. The van der Waals surface area contributed by atoms with Crippen LogP contribution in [0.4, 0.5) is 0 Å². The van der Waals surface area contributed by atoms with Crippen molar-refractivity contribution in [2.75, 3.05) is 33.3 Å². The van der Waals surface area contributed by atoms with Crippen LogP contribution in [0.15, 0.2) is 35.5 Å². The molecule has 0 bridgehead atoms. The Labute approximate surface area is 141 Å². The molecule has 1 atom stereocenters. The molecule has 24 heavy (non-hydrogen) atoms. The van der Waals surface area contributed by atoms with E-state index in [0.717, 1.165) is 24.5 Å². The van der Waals surface area contributed by atoms with E-state index in [2.05, 4.69) is 31.9 Å². The molecule has 1 fully saturated rings. The van der Waals surface area contributed by atoms with Crippen molar-refractivity contribution in [1.29, 1.82) is 0 Å². The quantitative estimate of drug-likeness (QED) is 0.778. The van der Waals surface area contributed by atoms with E-state index in [1.807, 2.05) is 18.2 Å². The highest BCUT2D eigenvalue weighted by molar-refractivity contribution is 7.89. The lowest BCUT2D eigenvalue weighted by Gasteiger charge is -2.29. The maximum Gasteiger partial charge on any atom is 0.243 e. The number of likely N-dealkylation sites (N-methyl/N-ethyl adjacent to an activating group) is 1. The first-order valence-electron chi connectivity index (χ1n) is 7.79. The van der Waals surface area contributed by atoms with Crippen LogP contribution in [-0.4, -0.2) is 61.8 Å². The minimum absolute atomic E-state index is 0.0358. The molecule has 0 spiro atoms. The van der Waals surface area contributed by atoms with Gasteiger partial charge in [0.15, 0.2) is 0 Å². The van der Waals surface area contributed by atoms with Gasteiger partial charge < -0.3 is 9.64 Å². The summed E-state index contributed by atoms with van der Waals surface area (Å²) in [7, 11) is -1.47. The predicted octanol–water partition coefficient (Wildman–Crippen LogP) is 0.329. The van der Waals surface area contributed by atoms with Crippen LogP contribution in [0.3, 0.4) is 0 Å². The number of H-pyrrole nitrogens is 1. The smallest absolute Gasteiger partial charge is 0.243 e. The van der Waals surface area contributed by atoms with Crippen molar-refractivity contribution in [2.24, 2.45) is 0 Å². The summed E-state index contributed by atoms with van der Waals surface area (Å²) in [6.07, 6.45) is 3.09. The number of hydrogen-bond acceptors (Lipinski definition) is 6. The van der Waals surface area contributed by atoms with E-state index < -0.39 is 10.0 Å². The van der Waals surface area contributed by atoms with Crippen molar-refractivity contribution in [3.8, 4) is 0 Å². The predicted molar refractivity (Wildman–Crippen MR) is 87.9 cm³/mol. The summed E-state index contributed by atoms with van der Waals surface area (Å²) in [4.78, 5) is 6.95. The van der Waals surface area contributed by atoms with Crippen molar-refractivity contribution < 1.29 is 13.2 Å². The summed E-state index contributed by atoms with van der Waals surface area (Å²) in [5.41, 5.74) is 1.72. The fraction of sp³-hybridized carbons (Fsp3) is 0.467. The summed E-state index contributed by atoms with van der Waals surface area (Å²) in [5.74, 6) is 0. The van der Waals surface area contributed by atoms with Crippen molar-refractivity contribution in [3.05, 3.63) is 42.0 Å². The van der Waals surface area contributed by atoms with E-state index in [1.165, 1.54) is 12.4 Å². The Morgan fingerprint density at radius 3 is 3.08 bits per heavy atom. The Morgan fingerprint density at radius 1 is 1.46 bits per heavy atom. The van der Waals surface area contributed by atoms with E-state index >= 15 is 0 Å². The van der Waals surface area contributed by atoms with Gasteiger partial charge in [0.25, 0.3) is 0 Å². The van der Waals surface area contributed by atoms with Crippen LogP contribution in [0.1, 0.15) is 17.5 Å². The SMILES string of the molecule is CN1CCOC(c2cccc(CCNS(=O)(=O)c3cn[nH]c3)n2)C1. The molecule has 8 nitrogen and oxygen atoms in total. The topological polar surface area (TPSA) is 100 Å². The number of pyridine rings is 1. The lowest BCUT2D eigenvalue weighted by Crippen LogP contribution is -2.35. The number of aromatic amines is 1. The van der Waals surface area contributed by atoms with Gasteiger partial charge in [-0.2, -0.15) is 5.10 Å². The maximum absolute atomic E-state index is 12.0. The molecule has 1 aliphatic rings. The van der Waals surface area contributed by atoms with Crippen LogP contribution in [0.2, 0.25) is 0 Å². The lowest BCUT2D eigenvalue weighted by molar-refractivity contribution is -0.0231. The highest BCUT2D eigenvalue weighted by Gasteiger charge is 2.21. The van der Waals surface area contributed by atoms with Gasteiger partial charge in [-0.3, -0.25) is 10.1 Å². The fourth-order valence-electron chi connectivity index (χ4n) is 2.56. The van der Waals surface area contributed by atoms with E-state index in [4.69, 9.17) is 4.74 Å². The Kier molecular flexibility index (Phi) is 5.24. The van der Waals surface area contributed by atoms with Gasteiger partial charge in [-0.05, 0) is 19.2 Å². The molecule has 0 saturated carbocycles. The minimum Gasteiger partial charge on any atom is -0.369 e. The van der Waals surface area contributed by atoms with Gasteiger partial charge in [-0.25, -0.2) is 13.1 Å². The van der Waals surface area contributed by atoms with Crippen LogP contribution in [0.25, 0.3) is 0 Å². The van der Waals surface area contributed by atoms with Gasteiger partial charge in [0.2, 0.25) is 10.0 Å². The second kappa shape index (κ2) is 7.39. The first-order valence-corrected chi connectivity index (χ1v) is 9.27. The number of hydrogen-bond donors (Lipinski definition) is 2. The molecule has 2 N–H and O–H groups in total. The third-order valence-corrected chi connectivity index (χ3v) is 5.31. The third kappa shape index (κ3) is 4.18. The average Bonchev–Trinajstić information content (AvgIpc) is 3.10. The van der Waals surface area contributed by atoms with Crippen LogP contribution >= 0.6 is 0 Å². The van der Waals surface area contributed by atoms with Crippen molar-refractivity contribution in [2.45, 2.75) is 17.4 Å². The molecule has 3 rings (SSSR count). The van der Waals surface area contributed by atoms with Gasteiger partial charge in [0, 0.05) is 37.9 Å². The first kappa shape index (κ1) is 17.0. The molecule has 1 saturated heterocycles. The van der Waals surface area contributed by atoms with E-state index in [9.17, 15) is 8.42 Å². The Bertz CT molecular complexity index is 763. The molecule has 1 aliphatic heterocycles. The highest BCUT2D eigenvalue weighted by atomic mass is 32.2. The summed E-state index contributed by atoms with van der Waals surface area (Å²) in [6, 6.07) is 5.77. The second-order valence-corrected chi connectivity index (χ2v) is 7.52.